The molecule has 102 valence electrons. The molecule has 1 aromatic rings. The van der Waals surface area contributed by atoms with Gasteiger partial charge in [0.25, 0.3) is 0 Å². The quantitative estimate of drug-likeness (QED) is 0.551. The van der Waals surface area contributed by atoms with Crippen molar-refractivity contribution >= 4 is 5.69 Å². The van der Waals surface area contributed by atoms with Crippen molar-refractivity contribution in [2.24, 2.45) is 0 Å². The van der Waals surface area contributed by atoms with E-state index in [2.05, 4.69) is 40.2 Å². The van der Waals surface area contributed by atoms with E-state index in [1.807, 2.05) is 7.05 Å². The smallest absolute Gasteiger partial charge is 0.0587 e. The molecule has 0 aromatic heterocycles. The summed E-state index contributed by atoms with van der Waals surface area (Å²) >= 11 is 0. The summed E-state index contributed by atoms with van der Waals surface area (Å²) in [7, 11) is 3.68. The molecule has 1 rings (SSSR count). The van der Waals surface area contributed by atoms with Crippen molar-refractivity contribution in [1.29, 1.82) is 0 Å². The van der Waals surface area contributed by atoms with E-state index in [0.717, 1.165) is 39.2 Å². The Hall–Kier alpha value is -1.10. The minimum atomic E-state index is 0.781. The Morgan fingerprint density at radius 3 is 2.61 bits per heavy atom. The van der Waals surface area contributed by atoms with Gasteiger partial charge in [0.1, 0.15) is 0 Å². The van der Waals surface area contributed by atoms with Crippen molar-refractivity contribution in [3.8, 4) is 0 Å². The standard InChI is InChI=1S/C14H25N3O/c1-15-14-7-4-3-6-13(14)12-17-9-5-8-16-10-11-18-2/h3-4,6-7,15-17H,5,8-12H2,1-2H3. The van der Waals surface area contributed by atoms with E-state index in [9.17, 15) is 0 Å². The van der Waals surface area contributed by atoms with Gasteiger partial charge in [-0.3, -0.25) is 0 Å². The minimum absolute atomic E-state index is 0.781. The second-order valence-corrected chi connectivity index (χ2v) is 4.18. The van der Waals surface area contributed by atoms with Crippen LogP contribution in [0.2, 0.25) is 0 Å². The van der Waals surface area contributed by atoms with Gasteiger partial charge in [0.05, 0.1) is 6.61 Å². The van der Waals surface area contributed by atoms with Crippen LogP contribution in [0.1, 0.15) is 12.0 Å². The highest BCUT2D eigenvalue weighted by atomic mass is 16.5. The van der Waals surface area contributed by atoms with Crippen LogP contribution in [-0.4, -0.2) is 40.4 Å². The van der Waals surface area contributed by atoms with E-state index >= 15 is 0 Å². The molecule has 3 N–H and O–H groups in total. The van der Waals surface area contributed by atoms with Gasteiger partial charge in [0, 0.05) is 32.9 Å². The largest absolute Gasteiger partial charge is 0.388 e. The predicted molar refractivity (Wildman–Crippen MR) is 77.1 cm³/mol. The number of hydrogen-bond donors (Lipinski definition) is 3. The second kappa shape index (κ2) is 9.88. The first-order chi connectivity index (χ1) is 8.88. The number of methoxy groups -OCH3 is 1. The number of benzene rings is 1. The maximum Gasteiger partial charge on any atom is 0.0587 e. The average molecular weight is 251 g/mol. The summed E-state index contributed by atoms with van der Waals surface area (Å²) in [6.07, 6.45) is 1.13. The molecule has 0 aliphatic heterocycles. The van der Waals surface area contributed by atoms with E-state index in [1.165, 1.54) is 11.3 Å². The molecular formula is C14H25N3O. The lowest BCUT2D eigenvalue weighted by Crippen LogP contribution is -2.24. The summed E-state index contributed by atoms with van der Waals surface area (Å²) in [5, 5.41) is 9.99. The van der Waals surface area contributed by atoms with Crippen molar-refractivity contribution in [2.75, 3.05) is 45.7 Å². The van der Waals surface area contributed by atoms with Crippen molar-refractivity contribution < 1.29 is 4.74 Å². The summed E-state index contributed by atoms with van der Waals surface area (Å²) in [5.74, 6) is 0. The first-order valence-electron chi connectivity index (χ1n) is 6.54. The minimum Gasteiger partial charge on any atom is -0.388 e. The number of para-hydroxylation sites is 1. The Kier molecular flexibility index (Phi) is 8.21. The fourth-order valence-electron chi connectivity index (χ4n) is 1.78. The first kappa shape index (κ1) is 15.0. The number of rotatable bonds is 10. The van der Waals surface area contributed by atoms with Crippen LogP contribution < -0.4 is 16.0 Å². The highest BCUT2D eigenvalue weighted by Crippen LogP contribution is 2.13. The Labute approximate surface area is 110 Å². The van der Waals surface area contributed by atoms with Crippen LogP contribution in [0.25, 0.3) is 0 Å². The van der Waals surface area contributed by atoms with E-state index in [-0.39, 0.29) is 0 Å². The highest BCUT2D eigenvalue weighted by Gasteiger charge is 1.98. The molecule has 0 radical (unpaired) electrons. The molecule has 0 aliphatic rings. The summed E-state index contributed by atoms with van der Waals surface area (Å²) < 4.78 is 4.97. The maximum absolute atomic E-state index is 4.97. The van der Waals surface area contributed by atoms with Gasteiger partial charge in [-0.05, 0) is 31.1 Å². The average Bonchev–Trinajstić information content (AvgIpc) is 2.42. The molecule has 0 amide bonds. The molecule has 0 heterocycles. The molecule has 0 fully saturated rings. The molecule has 0 unspecified atom stereocenters. The summed E-state index contributed by atoms with van der Waals surface area (Å²) in [6.45, 7) is 4.68. The zero-order chi connectivity index (χ0) is 13.1. The lowest BCUT2D eigenvalue weighted by molar-refractivity contribution is 0.199. The highest BCUT2D eigenvalue weighted by molar-refractivity contribution is 5.50. The molecule has 0 saturated heterocycles. The summed E-state index contributed by atoms with van der Waals surface area (Å²) in [5.41, 5.74) is 2.51. The van der Waals surface area contributed by atoms with Crippen molar-refractivity contribution in [2.45, 2.75) is 13.0 Å². The van der Waals surface area contributed by atoms with Crippen molar-refractivity contribution in [3.63, 3.8) is 0 Å². The van der Waals surface area contributed by atoms with Crippen LogP contribution in [0.15, 0.2) is 24.3 Å². The van der Waals surface area contributed by atoms with Crippen LogP contribution in [0.4, 0.5) is 5.69 Å². The zero-order valence-electron chi connectivity index (χ0n) is 11.5. The lowest BCUT2D eigenvalue weighted by Gasteiger charge is -2.10. The predicted octanol–water partition coefficient (Wildman–Crippen LogP) is 1.44. The second-order valence-electron chi connectivity index (χ2n) is 4.18. The SMILES string of the molecule is CNc1ccccc1CNCCCNCCOC. The Morgan fingerprint density at radius 2 is 1.83 bits per heavy atom. The molecular weight excluding hydrogens is 226 g/mol. The monoisotopic (exact) mass is 251 g/mol. The third kappa shape index (κ3) is 6.00. The van der Waals surface area contributed by atoms with Gasteiger partial charge in [-0.1, -0.05) is 18.2 Å². The number of anilines is 1. The van der Waals surface area contributed by atoms with Crippen LogP contribution in [-0.2, 0) is 11.3 Å². The van der Waals surface area contributed by atoms with Gasteiger partial charge in [-0.15, -0.1) is 0 Å². The number of nitrogens with one attached hydrogen (secondary N) is 3. The third-order valence-electron chi connectivity index (χ3n) is 2.79. The lowest BCUT2D eigenvalue weighted by atomic mass is 10.2. The Bertz CT molecular complexity index is 318. The summed E-state index contributed by atoms with van der Waals surface area (Å²) in [4.78, 5) is 0. The normalized spacial score (nSPS) is 10.6. The molecule has 0 atom stereocenters. The van der Waals surface area contributed by atoms with Crippen LogP contribution in [0, 0.1) is 0 Å². The molecule has 1 aromatic carbocycles. The molecule has 0 bridgehead atoms. The maximum atomic E-state index is 4.97. The van der Waals surface area contributed by atoms with Gasteiger partial charge in [-0.2, -0.15) is 0 Å². The third-order valence-corrected chi connectivity index (χ3v) is 2.79. The topological polar surface area (TPSA) is 45.3 Å². The van der Waals surface area contributed by atoms with Crippen molar-refractivity contribution in [3.05, 3.63) is 29.8 Å². The molecule has 4 heteroatoms. The molecule has 0 aliphatic carbocycles. The van der Waals surface area contributed by atoms with Gasteiger partial charge in [0.15, 0.2) is 0 Å². The Morgan fingerprint density at radius 1 is 1.06 bits per heavy atom. The van der Waals surface area contributed by atoms with Gasteiger partial charge >= 0.3 is 0 Å². The molecule has 0 saturated carbocycles. The first-order valence-corrected chi connectivity index (χ1v) is 6.54. The van der Waals surface area contributed by atoms with E-state index in [0.29, 0.717) is 0 Å². The number of ether oxygens (including phenoxy) is 1. The fourth-order valence-corrected chi connectivity index (χ4v) is 1.78. The zero-order valence-corrected chi connectivity index (χ0v) is 11.5. The van der Waals surface area contributed by atoms with E-state index in [4.69, 9.17) is 4.74 Å². The summed E-state index contributed by atoms with van der Waals surface area (Å²) in [6, 6.07) is 8.37. The molecule has 4 nitrogen and oxygen atoms in total. The van der Waals surface area contributed by atoms with Gasteiger partial charge in [0.2, 0.25) is 0 Å². The number of hydrogen-bond acceptors (Lipinski definition) is 4. The van der Waals surface area contributed by atoms with Gasteiger partial charge in [-0.25, -0.2) is 0 Å². The molecule has 18 heavy (non-hydrogen) atoms. The van der Waals surface area contributed by atoms with Crippen LogP contribution >= 0.6 is 0 Å². The van der Waals surface area contributed by atoms with Gasteiger partial charge < -0.3 is 20.7 Å². The van der Waals surface area contributed by atoms with E-state index in [1.54, 1.807) is 7.11 Å². The van der Waals surface area contributed by atoms with Crippen LogP contribution in [0.5, 0.6) is 0 Å². The Balaban J connectivity index is 2.07. The van der Waals surface area contributed by atoms with Crippen LogP contribution in [0.3, 0.4) is 0 Å². The van der Waals surface area contributed by atoms with Crippen molar-refractivity contribution in [1.82, 2.24) is 10.6 Å². The van der Waals surface area contributed by atoms with E-state index < -0.39 is 0 Å². The molecule has 0 spiro atoms. The fraction of sp³-hybridized carbons (Fsp3) is 0.571.